The van der Waals surface area contributed by atoms with E-state index in [0.717, 1.165) is 0 Å². The van der Waals surface area contributed by atoms with E-state index in [1.54, 1.807) is 12.1 Å². The topological polar surface area (TPSA) is 18.5 Å². The zero-order chi connectivity index (χ0) is 10.6. The average Bonchev–Trinajstić information content (AvgIpc) is 2.17. The van der Waals surface area contributed by atoms with Crippen LogP contribution >= 0.6 is 11.6 Å². The molecule has 1 aromatic rings. The van der Waals surface area contributed by atoms with Gasteiger partial charge < -0.3 is 9.47 Å². The second kappa shape index (κ2) is 5.00. The van der Waals surface area contributed by atoms with Crippen LogP contribution in [0, 0.1) is 0 Å². The standard InChI is InChI=1S/C9H9ClF2O2/c1-13-7-4-2-3-6(5-10)8(7)14-9(11)12/h2-4,9H,5H2,1H3. The van der Waals surface area contributed by atoms with Crippen molar-refractivity contribution in [1.82, 2.24) is 0 Å². The van der Waals surface area contributed by atoms with Crippen LogP contribution in [0.15, 0.2) is 18.2 Å². The molecule has 0 saturated carbocycles. The highest BCUT2D eigenvalue weighted by atomic mass is 35.5. The highest BCUT2D eigenvalue weighted by Crippen LogP contribution is 2.33. The van der Waals surface area contributed by atoms with Gasteiger partial charge in [0, 0.05) is 5.56 Å². The first-order chi connectivity index (χ1) is 6.69. The number of hydrogen-bond acceptors (Lipinski definition) is 2. The van der Waals surface area contributed by atoms with Gasteiger partial charge in [0.05, 0.1) is 13.0 Å². The molecule has 0 saturated heterocycles. The second-order valence-electron chi connectivity index (χ2n) is 2.46. The lowest BCUT2D eigenvalue weighted by molar-refractivity contribution is -0.0517. The SMILES string of the molecule is COc1cccc(CCl)c1OC(F)F. The van der Waals surface area contributed by atoms with E-state index < -0.39 is 6.61 Å². The fourth-order valence-electron chi connectivity index (χ4n) is 1.05. The van der Waals surface area contributed by atoms with Gasteiger partial charge in [-0.05, 0) is 6.07 Å². The molecule has 2 nitrogen and oxygen atoms in total. The van der Waals surface area contributed by atoms with Crippen LogP contribution in [0.5, 0.6) is 11.5 Å². The van der Waals surface area contributed by atoms with Crippen LogP contribution in [-0.2, 0) is 5.88 Å². The Balaban J connectivity index is 3.05. The summed E-state index contributed by atoms with van der Waals surface area (Å²) in [5, 5.41) is 0. The van der Waals surface area contributed by atoms with Gasteiger partial charge in [0.15, 0.2) is 11.5 Å². The Morgan fingerprint density at radius 3 is 2.64 bits per heavy atom. The lowest BCUT2D eigenvalue weighted by atomic mass is 10.2. The van der Waals surface area contributed by atoms with Gasteiger partial charge in [-0.15, -0.1) is 11.6 Å². The Morgan fingerprint density at radius 1 is 1.43 bits per heavy atom. The molecule has 14 heavy (non-hydrogen) atoms. The third kappa shape index (κ3) is 2.48. The van der Waals surface area contributed by atoms with E-state index in [4.69, 9.17) is 16.3 Å². The molecule has 0 aromatic heterocycles. The number of hydrogen-bond donors (Lipinski definition) is 0. The molecule has 0 unspecified atom stereocenters. The normalized spacial score (nSPS) is 10.4. The van der Waals surface area contributed by atoms with Crippen molar-refractivity contribution < 1.29 is 18.3 Å². The summed E-state index contributed by atoms with van der Waals surface area (Å²) in [5.74, 6) is 0.350. The molecular formula is C9H9ClF2O2. The summed E-state index contributed by atoms with van der Waals surface area (Å²) in [5.41, 5.74) is 0.478. The van der Waals surface area contributed by atoms with Crippen molar-refractivity contribution in [3.8, 4) is 11.5 Å². The number of methoxy groups -OCH3 is 1. The molecule has 78 valence electrons. The van der Waals surface area contributed by atoms with Crippen LogP contribution in [0.4, 0.5) is 8.78 Å². The molecule has 0 amide bonds. The minimum Gasteiger partial charge on any atom is -0.493 e. The van der Waals surface area contributed by atoms with Crippen LogP contribution in [-0.4, -0.2) is 13.7 Å². The molecule has 0 aliphatic heterocycles. The first-order valence-corrected chi connectivity index (χ1v) is 4.39. The fraction of sp³-hybridized carbons (Fsp3) is 0.333. The summed E-state index contributed by atoms with van der Waals surface area (Å²) in [4.78, 5) is 0. The van der Waals surface area contributed by atoms with Gasteiger partial charge in [0.25, 0.3) is 0 Å². The number of alkyl halides is 3. The Bertz CT molecular complexity index is 283. The fourth-order valence-corrected chi connectivity index (χ4v) is 1.26. The van der Waals surface area contributed by atoms with E-state index in [0.29, 0.717) is 5.56 Å². The molecule has 5 heteroatoms. The van der Waals surface area contributed by atoms with Crippen molar-refractivity contribution in [3.05, 3.63) is 23.8 Å². The number of benzene rings is 1. The van der Waals surface area contributed by atoms with Gasteiger partial charge in [0.2, 0.25) is 0 Å². The summed E-state index contributed by atoms with van der Waals surface area (Å²) in [6, 6.07) is 4.80. The van der Waals surface area contributed by atoms with Crippen molar-refractivity contribution in [2.75, 3.05) is 7.11 Å². The smallest absolute Gasteiger partial charge is 0.387 e. The monoisotopic (exact) mass is 222 g/mol. The van der Waals surface area contributed by atoms with Crippen LogP contribution < -0.4 is 9.47 Å². The minimum atomic E-state index is -2.88. The van der Waals surface area contributed by atoms with Crippen molar-refractivity contribution in [2.24, 2.45) is 0 Å². The summed E-state index contributed by atoms with van der Waals surface area (Å²) < 4.78 is 33.3. The average molecular weight is 223 g/mol. The predicted molar refractivity (Wildman–Crippen MR) is 49.2 cm³/mol. The molecule has 0 aliphatic carbocycles. The Morgan fingerprint density at radius 2 is 2.14 bits per heavy atom. The highest BCUT2D eigenvalue weighted by Gasteiger charge is 2.14. The molecule has 0 aliphatic rings. The van der Waals surface area contributed by atoms with Crippen molar-refractivity contribution in [1.29, 1.82) is 0 Å². The number of halogens is 3. The molecule has 1 rings (SSSR count). The van der Waals surface area contributed by atoms with Crippen LogP contribution in [0.3, 0.4) is 0 Å². The van der Waals surface area contributed by atoms with Crippen LogP contribution in [0.1, 0.15) is 5.56 Å². The third-order valence-corrected chi connectivity index (χ3v) is 1.92. The second-order valence-corrected chi connectivity index (χ2v) is 2.73. The number of ether oxygens (including phenoxy) is 2. The molecular weight excluding hydrogens is 214 g/mol. The highest BCUT2D eigenvalue weighted by molar-refractivity contribution is 6.17. The van der Waals surface area contributed by atoms with Gasteiger partial charge in [-0.25, -0.2) is 0 Å². The van der Waals surface area contributed by atoms with Crippen molar-refractivity contribution >= 4 is 11.6 Å². The number of para-hydroxylation sites is 1. The van der Waals surface area contributed by atoms with E-state index in [1.165, 1.54) is 13.2 Å². The maximum Gasteiger partial charge on any atom is 0.387 e. The van der Waals surface area contributed by atoms with Gasteiger partial charge in [-0.2, -0.15) is 8.78 Å². The number of rotatable bonds is 4. The molecule has 0 spiro atoms. The van der Waals surface area contributed by atoms with Crippen LogP contribution in [0.2, 0.25) is 0 Å². The summed E-state index contributed by atoms with van der Waals surface area (Å²) >= 11 is 5.56. The molecule has 0 atom stereocenters. The first kappa shape index (κ1) is 11.0. The molecule has 0 bridgehead atoms. The van der Waals surface area contributed by atoms with E-state index in [2.05, 4.69) is 4.74 Å². The molecule has 1 aromatic carbocycles. The van der Waals surface area contributed by atoms with E-state index in [9.17, 15) is 8.78 Å². The summed E-state index contributed by atoms with van der Waals surface area (Å²) in [7, 11) is 1.38. The predicted octanol–water partition coefficient (Wildman–Crippen LogP) is 3.04. The van der Waals surface area contributed by atoms with Crippen molar-refractivity contribution in [3.63, 3.8) is 0 Å². The third-order valence-electron chi connectivity index (χ3n) is 1.63. The maximum atomic E-state index is 12.0. The van der Waals surface area contributed by atoms with E-state index in [1.807, 2.05) is 0 Å². The lowest BCUT2D eigenvalue weighted by Gasteiger charge is -2.12. The Labute approximate surface area is 85.4 Å². The maximum absolute atomic E-state index is 12.0. The molecule has 0 heterocycles. The molecule has 0 fully saturated rings. The minimum absolute atomic E-state index is 0.000000000000000222. The lowest BCUT2D eigenvalue weighted by Crippen LogP contribution is -2.05. The van der Waals surface area contributed by atoms with Crippen LogP contribution in [0.25, 0.3) is 0 Å². The first-order valence-electron chi connectivity index (χ1n) is 3.85. The summed E-state index contributed by atoms with van der Waals surface area (Å²) in [6.45, 7) is -2.88. The van der Waals surface area contributed by atoms with Gasteiger partial charge in [0.1, 0.15) is 0 Å². The zero-order valence-electron chi connectivity index (χ0n) is 7.47. The summed E-state index contributed by atoms with van der Waals surface area (Å²) in [6.07, 6.45) is 0. The van der Waals surface area contributed by atoms with E-state index in [-0.39, 0.29) is 17.4 Å². The zero-order valence-corrected chi connectivity index (χ0v) is 8.22. The van der Waals surface area contributed by atoms with Crippen molar-refractivity contribution in [2.45, 2.75) is 12.5 Å². The molecule has 0 N–H and O–H groups in total. The Hall–Kier alpha value is -1.03. The molecule has 0 radical (unpaired) electrons. The quantitative estimate of drug-likeness (QED) is 0.729. The van der Waals surface area contributed by atoms with Gasteiger partial charge in [-0.3, -0.25) is 0 Å². The van der Waals surface area contributed by atoms with Gasteiger partial charge >= 0.3 is 6.61 Å². The Kier molecular flexibility index (Phi) is 3.95. The van der Waals surface area contributed by atoms with E-state index >= 15 is 0 Å². The largest absolute Gasteiger partial charge is 0.493 e. The van der Waals surface area contributed by atoms with Gasteiger partial charge in [-0.1, -0.05) is 12.1 Å².